The van der Waals surface area contributed by atoms with Crippen LogP contribution in [0.5, 0.6) is 0 Å². The van der Waals surface area contributed by atoms with Gasteiger partial charge in [-0.05, 0) is 54.8 Å². The van der Waals surface area contributed by atoms with Crippen LogP contribution in [0.3, 0.4) is 0 Å². The number of hydrogen-bond acceptors (Lipinski definition) is 4. The maximum absolute atomic E-state index is 13.1. The van der Waals surface area contributed by atoms with E-state index in [1.54, 1.807) is 6.07 Å². The van der Waals surface area contributed by atoms with Crippen molar-refractivity contribution in [3.8, 4) is 11.1 Å². The molecule has 170 valence electrons. The molecule has 4 aromatic rings. The number of nitrogens with zero attached hydrogens (tertiary/aromatic N) is 1. The van der Waals surface area contributed by atoms with Gasteiger partial charge < -0.3 is 5.32 Å². The summed E-state index contributed by atoms with van der Waals surface area (Å²) in [5.74, 6) is -0.278. The maximum atomic E-state index is 13.1. The molecule has 33 heavy (non-hydrogen) atoms. The fraction of sp³-hybridized carbons (Fsp3) is 0.200. The molecule has 1 atom stereocenters. The number of aryl methyl sites for hydroxylation is 2. The van der Waals surface area contributed by atoms with E-state index < -0.39 is 16.1 Å². The first-order valence-electron chi connectivity index (χ1n) is 10.6. The first kappa shape index (κ1) is 22.7. The van der Waals surface area contributed by atoms with E-state index in [4.69, 9.17) is 0 Å². The summed E-state index contributed by atoms with van der Waals surface area (Å²) < 4.78 is 25.8. The van der Waals surface area contributed by atoms with Gasteiger partial charge in [-0.25, -0.2) is 13.1 Å². The van der Waals surface area contributed by atoms with Gasteiger partial charge in [0.05, 0.1) is 17.8 Å². The number of carbonyl (C=O) groups is 1. The second-order valence-corrected chi connectivity index (χ2v) is 10.1. The standard InChI is InChI=1S/C25H26N4O3S/c1-16-6-4-8-20(12-16)24(15-26-33(3,31)32)27-25(30)21-9-5-7-18(13-21)19-10-11-23-22(14-19)17(2)28-29-23/h4-14,24,26H,15H2,1-3H3,(H,27,30)(H,28,29). The van der Waals surface area contributed by atoms with Gasteiger partial charge in [0.15, 0.2) is 0 Å². The van der Waals surface area contributed by atoms with Gasteiger partial charge in [-0.1, -0.05) is 48.0 Å². The fourth-order valence-electron chi connectivity index (χ4n) is 3.77. The summed E-state index contributed by atoms with van der Waals surface area (Å²) in [5, 5.41) is 11.3. The Labute approximate surface area is 193 Å². The zero-order valence-electron chi connectivity index (χ0n) is 18.7. The van der Waals surface area contributed by atoms with Gasteiger partial charge in [0.25, 0.3) is 5.91 Å². The number of aromatic nitrogens is 2. The van der Waals surface area contributed by atoms with Crippen LogP contribution < -0.4 is 10.0 Å². The van der Waals surface area contributed by atoms with Crippen LogP contribution in [0.4, 0.5) is 0 Å². The number of nitrogens with one attached hydrogen (secondary N) is 3. The molecular formula is C25H26N4O3S. The van der Waals surface area contributed by atoms with Crippen molar-refractivity contribution >= 4 is 26.8 Å². The van der Waals surface area contributed by atoms with Gasteiger partial charge in [0, 0.05) is 23.2 Å². The molecule has 0 aliphatic rings. The van der Waals surface area contributed by atoms with Crippen molar-refractivity contribution in [3.63, 3.8) is 0 Å². The Bertz CT molecular complexity index is 1430. The molecule has 1 amide bonds. The molecule has 1 aromatic heterocycles. The van der Waals surface area contributed by atoms with Gasteiger partial charge in [-0.15, -0.1) is 0 Å². The summed E-state index contributed by atoms with van der Waals surface area (Å²) in [6.07, 6.45) is 1.10. The Morgan fingerprint density at radius 1 is 1.00 bits per heavy atom. The minimum atomic E-state index is -3.41. The minimum absolute atomic E-state index is 0.0597. The number of fused-ring (bicyclic) bond motifs is 1. The molecule has 0 spiro atoms. The van der Waals surface area contributed by atoms with Crippen LogP contribution in [0.25, 0.3) is 22.0 Å². The topological polar surface area (TPSA) is 104 Å². The predicted octanol–water partition coefficient (Wildman–Crippen LogP) is 3.87. The van der Waals surface area contributed by atoms with Crippen LogP contribution in [0.15, 0.2) is 66.7 Å². The molecule has 0 saturated carbocycles. The van der Waals surface area contributed by atoms with E-state index in [1.165, 1.54) is 0 Å². The summed E-state index contributed by atoms with van der Waals surface area (Å²) in [4.78, 5) is 13.1. The Hall–Kier alpha value is -3.49. The average molecular weight is 463 g/mol. The van der Waals surface area contributed by atoms with E-state index in [-0.39, 0.29) is 12.5 Å². The van der Waals surface area contributed by atoms with Crippen molar-refractivity contribution < 1.29 is 13.2 Å². The molecule has 7 nitrogen and oxygen atoms in total. The molecule has 3 aromatic carbocycles. The monoisotopic (exact) mass is 462 g/mol. The Kier molecular flexibility index (Phi) is 6.31. The highest BCUT2D eigenvalue weighted by atomic mass is 32.2. The molecule has 0 bridgehead atoms. The molecule has 8 heteroatoms. The third kappa shape index (κ3) is 5.47. The third-order valence-electron chi connectivity index (χ3n) is 5.50. The Balaban J connectivity index is 1.60. The number of hydrogen-bond donors (Lipinski definition) is 3. The smallest absolute Gasteiger partial charge is 0.251 e. The lowest BCUT2D eigenvalue weighted by molar-refractivity contribution is 0.0937. The fourth-order valence-corrected chi connectivity index (χ4v) is 4.24. The van der Waals surface area contributed by atoms with Crippen molar-refractivity contribution in [2.75, 3.05) is 12.8 Å². The van der Waals surface area contributed by atoms with Gasteiger partial charge >= 0.3 is 0 Å². The first-order chi connectivity index (χ1) is 15.7. The van der Waals surface area contributed by atoms with Crippen LogP contribution >= 0.6 is 0 Å². The lowest BCUT2D eigenvalue weighted by Gasteiger charge is -2.20. The van der Waals surface area contributed by atoms with E-state index >= 15 is 0 Å². The number of H-pyrrole nitrogens is 1. The molecule has 0 fully saturated rings. The number of sulfonamides is 1. The number of amides is 1. The highest BCUT2D eigenvalue weighted by Crippen LogP contribution is 2.26. The summed E-state index contributed by atoms with van der Waals surface area (Å²) in [7, 11) is -3.41. The van der Waals surface area contributed by atoms with Gasteiger partial charge in [-0.3, -0.25) is 9.89 Å². The predicted molar refractivity (Wildman–Crippen MR) is 130 cm³/mol. The van der Waals surface area contributed by atoms with E-state index in [9.17, 15) is 13.2 Å². The van der Waals surface area contributed by atoms with Crippen molar-refractivity contribution in [2.24, 2.45) is 0 Å². The Morgan fingerprint density at radius 2 is 1.76 bits per heavy atom. The Morgan fingerprint density at radius 3 is 2.52 bits per heavy atom. The van der Waals surface area contributed by atoms with Crippen molar-refractivity contribution in [2.45, 2.75) is 19.9 Å². The average Bonchev–Trinajstić information content (AvgIpc) is 3.16. The molecule has 0 radical (unpaired) electrons. The normalized spacial score (nSPS) is 12.6. The molecule has 0 saturated heterocycles. The van der Waals surface area contributed by atoms with Gasteiger partial charge in [-0.2, -0.15) is 5.10 Å². The highest BCUT2D eigenvalue weighted by Gasteiger charge is 2.18. The second-order valence-electron chi connectivity index (χ2n) is 8.22. The third-order valence-corrected chi connectivity index (χ3v) is 6.19. The van der Waals surface area contributed by atoms with Crippen molar-refractivity contribution in [1.82, 2.24) is 20.2 Å². The largest absolute Gasteiger partial charge is 0.344 e. The molecule has 1 heterocycles. The van der Waals surface area contributed by atoms with E-state index in [2.05, 4.69) is 26.3 Å². The van der Waals surface area contributed by atoms with Crippen LogP contribution in [0.1, 0.15) is 33.2 Å². The zero-order chi connectivity index (χ0) is 23.6. The maximum Gasteiger partial charge on any atom is 0.251 e. The van der Waals surface area contributed by atoms with E-state index in [0.29, 0.717) is 5.56 Å². The number of aromatic amines is 1. The summed E-state index contributed by atoms with van der Waals surface area (Å²) in [6, 6.07) is 20.5. The SMILES string of the molecule is Cc1cccc(C(CNS(C)(=O)=O)NC(=O)c2cccc(-c3ccc4n[nH]c(C)c4c3)c2)c1. The van der Waals surface area contributed by atoms with Crippen LogP contribution in [0, 0.1) is 13.8 Å². The van der Waals surface area contributed by atoms with Crippen molar-refractivity contribution in [1.29, 1.82) is 0 Å². The molecule has 3 N–H and O–H groups in total. The van der Waals surface area contributed by atoms with Crippen LogP contribution in [-0.2, 0) is 10.0 Å². The minimum Gasteiger partial charge on any atom is -0.344 e. The molecule has 1 unspecified atom stereocenters. The highest BCUT2D eigenvalue weighted by molar-refractivity contribution is 7.88. The molecule has 0 aliphatic heterocycles. The van der Waals surface area contributed by atoms with Gasteiger partial charge in [0.2, 0.25) is 10.0 Å². The van der Waals surface area contributed by atoms with E-state index in [1.807, 2.05) is 68.4 Å². The first-order valence-corrected chi connectivity index (χ1v) is 12.5. The quantitative estimate of drug-likeness (QED) is 0.388. The summed E-state index contributed by atoms with van der Waals surface area (Å²) >= 11 is 0. The second kappa shape index (κ2) is 9.17. The van der Waals surface area contributed by atoms with Crippen molar-refractivity contribution in [3.05, 3.63) is 89.1 Å². The lowest BCUT2D eigenvalue weighted by Crippen LogP contribution is -2.37. The number of carbonyl (C=O) groups excluding carboxylic acids is 1. The van der Waals surface area contributed by atoms with Gasteiger partial charge in [0.1, 0.15) is 0 Å². The lowest BCUT2D eigenvalue weighted by atomic mass is 10.00. The number of rotatable bonds is 7. The summed E-state index contributed by atoms with van der Waals surface area (Å²) in [6.45, 7) is 3.98. The van der Waals surface area contributed by atoms with Crippen LogP contribution in [-0.4, -0.2) is 37.3 Å². The van der Waals surface area contributed by atoms with E-state index in [0.717, 1.165) is 45.1 Å². The molecular weight excluding hydrogens is 436 g/mol. The van der Waals surface area contributed by atoms with Crippen LogP contribution in [0.2, 0.25) is 0 Å². The summed E-state index contributed by atoms with van der Waals surface area (Å²) in [5.41, 5.74) is 6.12. The zero-order valence-corrected chi connectivity index (χ0v) is 19.5. The molecule has 4 rings (SSSR count). The molecule has 0 aliphatic carbocycles. The number of benzene rings is 3.